The molecule has 0 aliphatic rings. The highest BCUT2D eigenvalue weighted by Crippen LogP contribution is 2.29. The van der Waals surface area contributed by atoms with Crippen molar-refractivity contribution in [3.63, 3.8) is 0 Å². The van der Waals surface area contributed by atoms with Crippen molar-refractivity contribution in [1.82, 2.24) is 4.98 Å². The van der Waals surface area contributed by atoms with E-state index in [9.17, 15) is 4.79 Å². The second-order valence-electron chi connectivity index (χ2n) is 4.79. The minimum absolute atomic E-state index is 0.0486. The Bertz CT molecular complexity index is 611. The number of nitrogens with zero attached hydrogens (tertiary/aromatic N) is 1. The monoisotopic (exact) mass is 299 g/mol. The molecule has 4 nitrogen and oxygen atoms in total. The van der Waals surface area contributed by atoms with Crippen LogP contribution in [0.25, 0.3) is 0 Å². The molecule has 0 saturated carbocycles. The highest BCUT2D eigenvalue weighted by molar-refractivity contribution is 5.94. The normalized spacial score (nSPS) is 10.3. The van der Waals surface area contributed by atoms with Crippen molar-refractivity contribution in [1.29, 1.82) is 0 Å². The quantitative estimate of drug-likeness (QED) is 0.697. The molecule has 2 aromatic rings. The summed E-state index contributed by atoms with van der Waals surface area (Å²) in [4.78, 5) is 16.2. The fourth-order valence-corrected chi connectivity index (χ4v) is 2.16. The zero-order valence-electron chi connectivity index (χ0n) is 13.0. The molecule has 0 aliphatic carbocycles. The van der Waals surface area contributed by atoms with E-state index >= 15 is 0 Å². The van der Waals surface area contributed by atoms with E-state index in [1.54, 1.807) is 18.3 Å². The number of pyridine rings is 1. The predicted octanol–water partition coefficient (Wildman–Crippen LogP) is 3.69. The molecular formula is C18H21NO3. The fraction of sp³-hybridized carbons (Fsp3) is 0.333. The summed E-state index contributed by atoms with van der Waals surface area (Å²) in [5.74, 6) is 1.52. The Morgan fingerprint density at radius 3 is 2.50 bits per heavy atom. The molecule has 1 aromatic heterocycles. The van der Waals surface area contributed by atoms with Crippen LogP contribution in [0.2, 0.25) is 0 Å². The summed E-state index contributed by atoms with van der Waals surface area (Å²) < 4.78 is 11.1. The first kappa shape index (κ1) is 16.0. The second-order valence-corrected chi connectivity index (χ2v) is 4.79. The summed E-state index contributed by atoms with van der Waals surface area (Å²) in [6, 6.07) is 11.2. The van der Waals surface area contributed by atoms with Gasteiger partial charge in [0, 0.05) is 12.6 Å². The van der Waals surface area contributed by atoms with Gasteiger partial charge in [-0.25, -0.2) is 0 Å². The zero-order chi connectivity index (χ0) is 15.8. The van der Waals surface area contributed by atoms with Crippen LogP contribution in [0.1, 0.15) is 36.3 Å². The summed E-state index contributed by atoms with van der Waals surface area (Å²) in [5, 5.41) is 0. The molecule has 1 heterocycles. The van der Waals surface area contributed by atoms with Crippen molar-refractivity contribution in [2.24, 2.45) is 0 Å². The van der Waals surface area contributed by atoms with E-state index in [1.165, 1.54) is 0 Å². The minimum atomic E-state index is 0.0486. The number of carbonyl (C=O) groups excluding carboxylic acids is 1. The van der Waals surface area contributed by atoms with Crippen LogP contribution < -0.4 is 9.47 Å². The summed E-state index contributed by atoms with van der Waals surface area (Å²) in [5.41, 5.74) is 1.56. The molecule has 0 atom stereocenters. The summed E-state index contributed by atoms with van der Waals surface area (Å²) in [6.45, 7) is 5.05. The first-order valence-electron chi connectivity index (χ1n) is 7.57. The van der Waals surface area contributed by atoms with Crippen molar-refractivity contribution in [3.8, 4) is 11.5 Å². The Hall–Kier alpha value is -2.36. The lowest BCUT2D eigenvalue weighted by atomic mass is 10.1. The van der Waals surface area contributed by atoms with Crippen LogP contribution in [-0.2, 0) is 6.42 Å². The van der Waals surface area contributed by atoms with Crippen LogP contribution in [0.15, 0.2) is 42.6 Å². The Kier molecular flexibility index (Phi) is 5.95. The molecule has 1 aromatic carbocycles. The van der Waals surface area contributed by atoms with E-state index in [0.717, 1.165) is 17.1 Å². The van der Waals surface area contributed by atoms with Gasteiger partial charge in [-0.05, 0) is 50.1 Å². The predicted molar refractivity (Wildman–Crippen MR) is 85.7 cm³/mol. The van der Waals surface area contributed by atoms with Gasteiger partial charge in [0.15, 0.2) is 17.3 Å². The number of hydrogen-bond donors (Lipinski definition) is 0. The van der Waals surface area contributed by atoms with Gasteiger partial charge in [-0.15, -0.1) is 0 Å². The maximum absolute atomic E-state index is 12.1. The lowest BCUT2D eigenvalue weighted by Crippen LogP contribution is -2.04. The smallest absolute Gasteiger partial charge is 0.181 e. The van der Waals surface area contributed by atoms with Crippen LogP contribution in [0.3, 0.4) is 0 Å². The average Bonchev–Trinajstić information content (AvgIpc) is 2.56. The second kappa shape index (κ2) is 8.17. The molecule has 0 fully saturated rings. The van der Waals surface area contributed by atoms with E-state index in [0.29, 0.717) is 31.7 Å². The Labute approximate surface area is 131 Å². The maximum Gasteiger partial charge on any atom is 0.181 e. The minimum Gasteiger partial charge on any atom is -0.490 e. The van der Waals surface area contributed by atoms with Crippen molar-refractivity contribution in [2.75, 3.05) is 13.2 Å². The molecule has 0 aliphatic heterocycles. The molecule has 0 bridgehead atoms. The van der Waals surface area contributed by atoms with Gasteiger partial charge in [0.2, 0.25) is 0 Å². The number of carbonyl (C=O) groups is 1. The lowest BCUT2D eigenvalue weighted by molar-refractivity contribution is 0.0978. The molecule has 0 amide bonds. The SMILES string of the molecule is CCOc1ccc(CCC(=O)c2ccccn2)cc1OCC. The van der Waals surface area contributed by atoms with E-state index in [4.69, 9.17) is 9.47 Å². The summed E-state index contributed by atoms with van der Waals surface area (Å²) in [6.07, 6.45) is 2.72. The van der Waals surface area contributed by atoms with E-state index in [-0.39, 0.29) is 5.78 Å². The lowest BCUT2D eigenvalue weighted by Gasteiger charge is -2.12. The average molecular weight is 299 g/mol. The van der Waals surface area contributed by atoms with Crippen LogP contribution in [0.4, 0.5) is 0 Å². The molecule has 0 unspecified atom stereocenters. The van der Waals surface area contributed by atoms with Gasteiger partial charge in [-0.1, -0.05) is 12.1 Å². The van der Waals surface area contributed by atoms with Crippen LogP contribution in [0.5, 0.6) is 11.5 Å². The van der Waals surface area contributed by atoms with Gasteiger partial charge in [0.25, 0.3) is 0 Å². The first-order valence-corrected chi connectivity index (χ1v) is 7.57. The first-order chi connectivity index (χ1) is 10.7. The molecule has 0 spiro atoms. The third-order valence-electron chi connectivity index (χ3n) is 3.20. The van der Waals surface area contributed by atoms with Crippen LogP contribution in [-0.4, -0.2) is 24.0 Å². The van der Waals surface area contributed by atoms with Crippen molar-refractivity contribution in [2.45, 2.75) is 26.7 Å². The number of ketones is 1. The molecule has 116 valence electrons. The zero-order valence-corrected chi connectivity index (χ0v) is 13.0. The number of hydrogen-bond acceptors (Lipinski definition) is 4. The molecule has 0 N–H and O–H groups in total. The molecule has 4 heteroatoms. The van der Waals surface area contributed by atoms with Gasteiger partial charge in [0.1, 0.15) is 5.69 Å². The highest BCUT2D eigenvalue weighted by Gasteiger charge is 2.10. The maximum atomic E-state index is 12.1. The van der Waals surface area contributed by atoms with Gasteiger partial charge in [-0.3, -0.25) is 9.78 Å². The summed E-state index contributed by atoms with van der Waals surface area (Å²) in [7, 11) is 0. The van der Waals surface area contributed by atoms with Crippen molar-refractivity contribution < 1.29 is 14.3 Å². The molecule has 0 saturated heterocycles. The number of benzene rings is 1. The number of aryl methyl sites for hydroxylation is 1. The summed E-state index contributed by atoms with van der Waals surface area (Å²) >= 11 is 0. The van der Waals surface area contributed by atoms with Gasteiger partial charge in [-0.2, -0.15) is 0 Å². The largest absolute Gasteiger partial charge is 0.490 e. The van der Waals surface area contributed by atoms with Crippen molar-refractivity contribution >= 4 is 5.78 Å². The van der Waals surface area contributed by atoms with Crippen LogP contribution in [0, 0.1) is 0 Å². The van der Waals surface area contributed by atoms with E-state index in [1.807, 2.05) is 38.1 Å². The highest BCUT2D eigenvalue weighted by atomic mass is 16.5. The number of Topliss-reactive ketones (excluding diaryl/α,β-unsaturated/α-hetero) is 1. The Morgan fingerprint density at radius 1 is 1.05 bits per heavy atom. The van der Waals surface area contributed by atoms with Gasteiger partial charge >= 0.3 is 0 Å². The number of aromatic nitrogens is 1. The van der Waals surface area contributed by atoms with Gasteiger partial charge in [0.05, 0.1) is 13.2 Å². The van der Waals surface area contributed by atoms with Crippen LogP contribution >= 0.6 is 0 Å². The standard InChI is InChI=1S/C18H21NO3/c1-3-21-17-11-9-14(13-18(17)22-4-2)8-10-16(20)15-7-5-6-12-19-15/h5-7,9,11-13H,3-4,8,10H2,1-2H3. The fourth-order valence-electron chi connectivity index (χ4n) is 2.16. The molecule has 0 radical (unpaired) electrons. The topological polar surface area (TPSA) is 48.4 Å². The van der Waals surface area contributed by atoms with E-state index in [2.05, 4.69) is 4.98 Å². The molecule has 2 rings (SSSR count). The van der Waals surface area contributed by atoms with E-state index < -0.39 is 0 Å². The van der Waals surface area contributed by atoms with Gasteiger partial charge < -0.3 is 9.47 Å². The Balaban J connectivity index is 2.03. The molecular weight excluding hydrogens is 278 g/mol. The number of rotatable bonds is 8. The number of ether oxygens (including phenoxy) is 2. The molecule has 22 heavy (non-hydrogen) atoms. The van der Waals surface area contributed by atoms with Crippen molar-refractivity contribution in [3.05, 3.63) is 53.9 Å². The third-order valence-corrected chi connectivity index (χ3v) is 3.20. The third kappa shape index (κ3) is 4.32. The Morgan fingerprint density at radius 2 is 1.82 bits per heavy atom.